The summed E-state index contributed by atoms with van der Waals surface area (Å²) in [7, 11) is 0. The minimum atomic E-state index is -1.09. The lowest BCUT2D eigenvalue weighted by Crippen LogP contribution is -2.54. The van der Waals surface area contributed by atoms with Crippen molar-refractivity contribution in [3.05, 3.63) is 58.7 Å². The lowest BCUT2D eigenvalue weighted by atomic mass is 10.0. The van der Waals surface area contributed by atoms with Gasteiger partial charge in [-0.15, -0.1) is 0 Å². The van der Waals surface area contributed by atoms with Crippen molar-refractivity contribution in [2.45, 2.75) is 89.1 Å². The molecule has 0 aromatic heterocycles. The predicted octanol–water partition coefficient (Wildman–Crippen LogP) is 2.27. The molecule has 2 aromatic rings. The van der Waals surface area contributed by atoms with E-state index in [2.05, 4.69) is 21.3 Å². The maximum atomic E-state index is 13.2. The number of unbranched alkanes of at least 4 members (excludes halogenated alkanes) is 4. The number of imide groups is 4. The second-order valence-corrected chi connectivity index (χ2v) is 16.1. The average Bonchev–Trinajstić information content (AvgIpc) is 3.71. The number of nitrogens with zero attached hydrogens (tertiary/aromatic N) is 2. The summed E-state index contributed by atoms with van der Waals surface area (Å²) >= 11 is 0. The second-order valence-electron chi connectivity index (χ2n) is 16.1. The smallest absolute Gasteiger partial charge is 0.264 e. The highest BCUT2D eigenvalue weighted by molar-refractivity contribution is 6.27. The third kappa shape index (κ3) is 13.4. The normalized spacial score (nSPS) is 18.0. The molecule has 4 N–H and O–H groups in total. The molecule has 0 radical (unpaired) electrons. The van der Waals surface area contributed by atoms with Crippen LogP contribution in [0.4, 0.5) is 11.4 Å². The molecule has 21 nitrogen and oxygen atoms in total. The molecular weight excluding hydrogens is 877 g/mol. The number of carbonyl (C=O) groups excluding carboxylic acids is 10. The van der Waals surface area contributed by atoms with E-state index in [1.54, 1.807) is 12.1 Å². The van der Waals surface area contributed by atoms with E-state index >= 15 is 0 Å². The summed E-state index contributed by atoms with van der Waals surface area (Å²) in [5.74, 6) is -5.58. The van der Waals surface area contributed by atoms with E-state index < -0.39 is 59.3 Å². The molecule has 2 saturated heterocycles. The highest BCUT2D eigenvalue weighted by atomic mass is 16.6. The van der Waals surface area contributed by atoms with Gasteiger partial charge in [-0.25, -0.2) is 0 Å². The summed E-state index contributed by atoms with van der Waals surface area (Å²) in [5, 5.41) is 9.78. The van der Waals surface area contributed by atoms with Crippen molar-refractivity contribution in [1.29, 1.82) is 0 Å². The average molecular weight is 933 g/mol. The van der Waals surface area contributed by atoms with Crippen LogP contribution in [0.1, 0.15) is 118 Å². The Morgan fingerprint density at radius 2 is 0.836 bits per heavy atom. The molecule has 6 rings (SSSR count). The maximum absolute atomic E-state index is 13.2. The van der Waals surface area contributed by atoms with Crippen molar-refractivity contribution in [3.63, 3.8) is 0 Å². The molecule has 2 fully saturated rings. The van der Waals surface area contributed by atoms with Crippen LogP contribution < -0.4 is 21.3 Å². The van der Waals surface area contributed by atoms with Crippen molar-refractivity contribution in [1.82, 2.24) is 20.4 Å². The molecule has 2 atom stereocenters. The number of hydrogen-bond donors (Lipinski definition) is 4. The predicted molar refractivity (Wildman–Crippen MR) is 235 cm³/mol. The first-order valence-corrected chi connectivity index (χ1v) is 22.6. The molecule has 4 aliphatic rings. The number of piperidine rings is 2. The van der Waals surface area contributed by atoms with Crippen LogP contribution in [0.2, 0.25) is 0 Å². The Kier molecular flexibility index (Phi) is 18.7. The van der Waals surface area contributed by atoms with E-state index in [0.717, 1.165) is 35.5 Å². The number of amides is 10. The molecule has 0 saturated carbocycles. The van der Waals surface area contributed by atoms with Gasteiger partial charge >= 0.3 is 0 Å². The Morgan fingerprint density at radius 3 is 1.19 bits per heavy atom. The number of rotatable bonds is 28. The van der Waals surface area contributed by atoms with Crippen LogP contribution in [-0.4, -0.2) is 147 Å². The first-order valence-electron chi connectivity index (χ1n) is 22.6. The lowest BCUT2D eigenvalue weighted by Gasteiger charge is -2.27. The van der Waals surface area contributed by atoms with Crippen molar-refractivity contribution < 1.29 is 71.6 Å². The molecule has 21 heteroatoms. The van der Waals surface area contributed by atoms with Gasteiger partial charge in [0.1, 0.15) is 12.1 Å². The number of ether oxygens (including phenoxy) is 5. The molecule has 67 heavy (non-hydrogen) atoms. The summed E-state index contributed by atoms with van der Waals surface area (Å²) in [6.45, 7) is 4.28. The summed E-state index contributed by atoms with van der Waals surface area (Å²) in [5.41, 5.74) is 0.668. The van der Waals surface area contributed by atoms with Gasteiger partial charge in [-0.05, 0) is 62.8 Å². The van der Waals surface area contributed by atoms with Crippen LogP contribution in [0.25, 0.3) is 0 Å². The van der Waals surface area contributed by atoms with E-state index in [4.69, 9.17) is 23.7 Å². The van der Waals surface area contributed by atoms with E-state index in [0.29, 0.717) is 78.9 Å². The maximum Gasteiger partial charge on any atom is 0.264 e. The third-order valence-electron chi connectivity index (χ3n) is 11.4. The summed E-state index contributed by atoms with van der Waals surface area (Å²) < 4.78 is 27.8. The van der Waals surface area contributed by atoms with Gasteiger partial charge in [0.2, 0.25) is 35.4 Å². The van der Waals surface area contributed by atoms with E-state index in [-0.39, 0.29) is 84.0 Å². The molecule has 0 spiro atoms. The number of fused-ring (bicyclic) bond motifs is 2. The number of anilines is 2. The van der Waals surface area contributed by atoms with E-state index in [9.17, 15) is 47.9 Å². The topological polar surface area (TPSA) is 271 Å². The Hall–Kier alpha value is -6.26. The zero-order valence-electron chi connectivity index (χ0n) is 37.2. The highest BCUT2D eigenvalue weighted by Crippen LogP contribution is 2.34. The molecule has 0 bridgehead atoms. The number of nitrogens with one attached hydrogen (secondary N) is 4. The first kappa shape index (κ1) is 50.2. The second kappa shape index (κ2) is 25.0. The van der Waals surface area contributed by atoms with Gasteiger partial charge in [-0.2, -0.15) is 0 Å². The van der Waals surface area contributed by atoms with Crippen LogP contribution in [0, 0.1) is 0 Å². The molecule has 360 valence electrons. The van der Waals surface area contributed by atoms with Gasteiger partial charge in [0.25, 0.3) is 23.6 Å². The van der Waals surface area contributed by atoms with Crippen LogP contribution in [-0.2, 0) is 52.5 Å². The van der Waals surface area contributed by atoms with Crippen molar-refractivity contribution >= 4 is 70.4 Å². The number of hydrogen-bond acceptors (Lipinski definition) is 15. The molecular formula is C46H56N6O15. The Morgan fingerprint density at radius 1 is 0.478 bits per heavy atom. The van der Waals surface area contributed by atoms with Crippen molar-refractivity contribution in [2.24, 2.45) is 0 Å². The van der Waals surface area contributed by atoms with Crippen LogP contribution in [0.15, 0.2) is 36.4 Å². The van der Waals surface area contributed by atoms with Crippen molar-refractivity contribution in [3.8, 4) is 0 Å². The minimum absolute atomic E-state index is 0.0149. The zero-order valence-corrected chi connectivity index (χ0v) is 37.2. The molecule has 4 heterocycles. The van der Waals surface area contributed by atoms with Gasteiger partial charge in [0.05, 0.1) is 86.5 Å². The fourth-order valence-corrected chi connectivity index (χ4v) is 7.98. The Labute approximate surface area is 386 Å². The standard InChI is InChI=1S/C46H56N6O15/c53-35(47-31-11-7-9-29-39(31)45(61)51(43(29)59)33-15-17-37(55)49-41(33)57)13-3-1-5-19-63-21-23-65-25-27-67-28-26-66-24-22-64-20-6-2-4-14-36(54)48-32-12-8-10-30-40(32)46(62)52(44(30)60)34-16-18-38(56)50-42(34)58/h7-12,33-34H,1-6,13-28H2,(H,47,53)(H,48,54)(H,49,55,57)(H,50,56,58). The SMILES string of the molecule is O=C1CCC(N2C(=O)c3cccc(NC(=O)CCCCCOCCOCCOCCOCCOCCCCCC(=O)Nc4cccc5c4C(=O)N(C4CCC(=O)NC4=O)C5=O)c3C2=O)C(=O)N1. The van der Waals surface area contributed by atoms with Crippen molar-refractivity contribution in [2.75, 3.05) is 76.7 Å². The third-order valence-corrected chi connectivity index (χ3v) is 11.4. The Bertz CT molecular complexity index is 2060. The van der Waals surface area contributed by atoms with Crippen LogP contribution in [0.5, 0.6) is 0 Å². The minimum Gasteiger partial charge on any atom is -0.379 e. The van der Waals surface area contributed by atoms with Gasteiger partial charge < -0.3 is 34.3 Å². The summed E-state index contributed by atoms with van der Waals surface area (Å²) in [4.78, 5) is 127. The van der Waals surface area contributed by atoms with Gasteiger partial charge in [-0.3, -0.25) is 68.4 Å². The highest BCUT2D eigenvalue weighted by Gasteiger charge is 2.47. The molecule has 2 unspecified atom stereocenters. The first-order chi connectivity index (χ1) is 32.5. The van der Waals surface area contributed by atoms with Gasteiger partial charge in [0.15, 0.2) is 0 Å². The fraction of sp³-hybridized carbons (Fsp3) is 0.522. The van der Waals surface area contributed by atoms with Gasteiger partial charge in [-0.1, -0.05) is 25.0 Å². The summed E-state index contributed by atoms with van der Waals surface area (Å²) in [6, 6.07) is 6.95. The monoisotopic (exact) mass is 932 g/mol. The van der Waals surface area contributed by atoms with E-state index in [1.807, 2.05) is 0 Å². The molecule has 4 aliphatic heterocycles. The van der Waals surface area contributed by atoms with Crippen LogP contribution >= 0.6 is 0 Å². The Balaban J connectivity index is 0.693. The molecule has 0 aliphatic carbocycles. The van der Waals surface area contributed by atoms with Crippen LogP contribution in [0.3, 0.4) is 0 Å². The largest absolute Gasteiger partial charge is 0.379 e. The van der Waals surface area contributed by atoms with Gasteiger partial charge in [0, 0.05) is 38.9 Å². The molecule has 10 amide bonds. The molecule has 2 aromatic carbocycles. The fourth-order valence-electron chi connectivity index (χ4n) is 7.98. The summed E-state index contributed by atoms with van der Waals surface area (Å²) in [6.07, 6.45) is 4.65. The zero-order chi connectivity index (χ0) is 47.7. The van der Waals surface area contributed by atoms with E-state index in [1.165, 1.54) is 24.3 Å². The number of benzene rings is 2. The number of carbonyl (C=O) groups is 10. The lowest BCUT2D eigenvalue weighted by molar-refractivity contribution is -0.137. The quantitative estimate of drug-likeness (QED) is 0.0704.